The number of anilines is 1. The molecule has 1 fully saturated rings. The third-order valence-corrected chi connectivity index (χ3v) is 6.27. The molecule has 5 atom stereocenters. The van der Waals surface area contributed by atoms with E-state index in [1.165, 1.54) is 6.33 Å². The molecule has 0 aromatic carbocycles. The number of carboxylic acids is 1. The number of aromatic nitrogens is 4. The topological polar surface area (TPSA) is 162 Å². The van der Waals surface area contributed by atoms with Gasteiger partial charge in [-0.25, -0.2) is 15.0 Å². The van der Waals surface area contributed by atoms with E-state index in [4.69, 9.17) is 21.3 Å². The SMILES string of the molecule is C[S+](CC[C@H](N)C(=O)O)C[C@@H]1C[C@@H](O)[C@H](n2cnc3c(N)ncnc32)O1. The summed E-state index contributed by atoms with van der Waals surface area (Å²) in [6.07, 6.45) is 4.47. The Morgan fingerprint density at radius 1 is 1.50 bits per heavy atom. The summed E-state index contributed by atoms with van der Waals surface area (Å²) in [6.45, 7) is 0. The first-order valence-electron chi connectivity index (χ1n) is 8.21. The molecule has 26 heavy (non-hydrogen) atoms. The Morgan fingerprint density at radius 3 is 3.00 bits per heavy atom. The summed E-state index contributed by atoms with van der Waals surface area (Å²) >= 11 is 0. The summed E-state index contributed by atoms with van der Waals surface area (Å²) in [4.78, 5) is 23.1. The third-order valence-electron chi connectivity index (χ3n) is 4.39. The minimum atomic E-state index is -0.983. The Morgan fingerprint density at radius 2 is 2.27 bits per heavy atom. The molecule has 3 rings (SSSR count). The van der Waals surface area contributed by atoms with Crippen molar-refractivity contribution < 1.29 is 19.7 Å². The highest BCUT2D eigenvalue weighted by Crippen LogP contribution is 2.32. The number of rotatable bonds is 7. The minimum absolute atomic E-state index is 0.0544. The van der Waals surface area contributed by atoms with Crippen LogP contribution in [0.2, 0.25) is 0 Å². The number of carbonyl (C=O) groups is 1. The largest absolute Gasteiger partial charge is 0.480 e. The fraction of sp³-hybridized carbons (Fsp3) is 0.600. The predicted molar refractivity (Wildman–Crippen MR) is 97.5 cm³/mol. The van der Waals surface area contributed by atoms with Crippen LogP contribution >= 0.6 is 0 Å². The monoisotopic (exact) mass is 383 g/mol. The number of carboxylic acid groups (broad SMARTS) is 1. The first-order valence-corrected chi connectivity index (χ1v) is 10.2. The van der Waals surface area contributed by atoms with E-state index >= 15 is 0 Å². The van der Waals surface area contributed by atoms with Gasteiger partial charge < -0.3 is 26.4 Å². The molecule has 11 heteroatoms. The van der Waals surface area contributed by atoms with Gasteiger partial charge in [0.15, 0.2) is 17.7 Å². The maximum atomic E-state index is 10.8. The van der Waals surface area contributed by atoms with Gasteiger partial charge in [0.2, 0.25) is 0 Å². The van der Waals surface area contributed by atoms with Crippen molar-refractivity contribution >= 4 is 33.8 Å². The number of hydrogen-bond donors (Lipinski definition) is 4. The molecule has 0 radical (unpaired) electrons. The van der Waals surface area contributed by atoms with E-state index in [1.54, 1.807) is 10.9 Å². The molecular weight excluding hydrogens is 360 g/mol. The molecule has 6 N–H and O–H groups in total. The molecule has 2 aromatic rings. The number of imidazole rings is 1. The van der Waals surface area contributed by atoms with Crippen LogP contribution in [0.3, 0.4) is 0 Å². The Hall–Kier alpha value is -1.95. The van der Waals surface area contributed by atoms with Crippen molar-refractivity contribution in [3.63, 3.8) is 0 Å². The molecule has 0 bridgehead atoms. The third kappa shape index (κ3) is 3.90. The summed E-state index contributed by atoms with van der Waals surface area (Å²) in [7, 11) is -0.0544. The molecule has 3 heterocycles. The van der Waals surface area contributed by atoms with Crippen molar-refractivity contribution in [2.45, 2.75) is 37.3 Å². The Bertz CT molecular complexity index is 787. The number of nitrogens with zero attached hydrogens (tertiary/aromatic N) is 4. The lowest BCUT2D eigenvalue weighted by molar-refractivity contribution is -0.138. The Kier molecular flexibility index (Phi) is 5.61. The highest BCUT2D eigenvalue weighted by Gasteiger charge is 2.39. The summed E-state index contributed by atoms with van der Waals surface area (Å²) in [5.41, 5.74) is 12.3. The fourth-order valence-electron chi connectivity index (χ4n) is 3.00. The average molecular weight is 383 g/mol. The van der Waals surface area contributed by atoms with E-state index in [2.05, 4.69) is 21.2 Å². The first-order chi connectivity index (χ1) is 12.4. The second-order valence-corrected chi connectivity index (χ2v) is 8.72. The van der Waals surface area contributed by atoms with Crippen LogP contribution in [-0.2, 0) is 20.4 Å². The molecule has 0 aliphatic carbocycles. The highest BCUT2D eigenvalue weighted by atomic mass is 32.2. The van der Waals surface area contributed by atoms with Crippen molar-refractivity contribution in [1.29, 1.82) is 0 Å². The van der Waals surface area contributed by atoms with E-state index in [-0.39, 0.29) is 22.8 Å². The predicted octanol–water partition coefficient (Wildman–Crippen LogP) is -0.893. The zero-order valence-corrected chi connectivity index (χ0v) is 15.2. The maximum absolute atomic E-state index is 10.8. The smallest absolute Gasteiger partial charge is 0.320 e. The van der Waals surface area contributed by atoms with Gasteiger partial charge in [0.1, 0.15) is 41.6 Å². The second kappa shape index (κ2) is 7.74. The van der Waals surface area contributed by atoms with Gasteiger partial charge in [-0.05, 0) is 10.9 Å². The maximum Gasteiger partial charge on any atom is 0.320 e. The van der Waals surface area contributed by atoms with Gasteiger partial charge in [-0.3, -0.25) is 9.36 Å². The van der Waals surface area contributed by atoms with Crippen molar-refractivity contribution in [2.75, 3.05) is 23.5 Å². The quantitative estimate of drug-likeness (QED) is 0.444. The van der Waals surface area contributed by atoms with Gasteiger partial charge in [-0.1, -0.05) is 0 Å². The molecule has 2 aromatic heterocycles. The molecule has 0 amide bonds. The Labute approximate surface area is 152 Å². The van der Waals surface area contributed by atoms with Crippen LogP contribution in [0.1, 0.15) is 19.1 Å². The molecule has 1 saturated heterocycles. The van der Waals surface area contributed by atoms with E-state index in [9.17, 15) is 9.90 Å². The summed E-state index contributed by atoms with van der Waals surface area (Å²) in [5.74, 6) is 0.751. The van der Waals surface area contributed by atoms with Crippen LogP contribution in [-0.4, -0.2) is 71.7 Å². The Balaban J connectivity index is 1.62. The average Bonchev–Trinajstić information content (AvgIpc) is 3.16. The minimum Gasteiger partial charge on any atom is -0.480 e. The second-order valence-electron chi connectivity index (χ2n) is 6.42. The van der Waals surface area contributed by atoms with E-state index in [0.717, 1.165) is 5.75 Å². The fourth-order valence-corrected chi connectivity index (χ4v) is 4.67. The normalized spacial score (nSPS) is 25.4. The van der Waals surface area contributed by atoms with Gasteiger partial charge >= 0.3 is 5.97 Å². The zero-order chi connectivity index (χ0) is 18.8. The zero-order valence-electron chi connectivity index (χ0n) is 14.4. The van der Waals surface area contributed by atoms with Crippen molar-refractivity contribution in [1.82, 2.24) is 19.5 Å². The van der Waals surface area contributed by atoms with Gasteiger partial charge in [-0.2, -0.15) is 0 Å². The number of aliphatic hydroxyl groups is 1. The number of nitrogen functional groups attached to an aromatic ring is 1. The lowest BCUT2D eigenvalue weighted by atomic mass is 10.2. The van der Waals surface area contributed by atoms with E-state index < -0.39 is 24.3 Å². The molecule has 142 valence electrons. The molecule has 0 spiro atoms. The molecule has 1 aliphatic heterocycles. The number of hydrogen-bond acceptors (Lipinski definition) is 8. The lowest BCUT2D eigenvalue weighted by Crippen LogP contribution is -2.33. The summed E-state index contributed by atoms with van der Waals surface area (Å²) < 4.78 is 7.69. The summed E-state index contributed by atoms with van der Waals surface area (Å²) in [5, 5.41) is 19.3. The van der Waals surface area contributed by atoms with Gasteiger partial charge in [0.05, 0.1) is 12.6 Å². The van der Waals surface area contributed by atoms with Crippen LogP contribution in [0.25, 0.3) is 11.2 Å². The number of aliphatic carboxylic acids is 1. The number of ether oxygens (including phenoxy) is 1. The number of aliphatic hydroxyl groups excluding tert-OH is 1. The van der Waals surface area contributed by atoms with Crippen LogP contribution < -0.4 is 11.5 Å². The molecule has 0 saturated carbocycles. The molecule has 1 aliphatic rings. The molecular formula is C15H23N6O4S+. The van der Waals surface area contributed by atoms with Crippen LogP contribution in [0.4, 0.5) is 5.82 Å². The van der Waals surface area contributed by atoms with Crippen LogP contribution in [0, 0.1) is 0 Å². The number of nitrogens with two attached hydrogens (primary N) is 2. The van der Waals surface area contributed by atoms with Crippen LogP contribution in [0.15, 0.2) is 12.7 Å². The van der Waals surface area contributed by atoms with E-state index in [0.29, 0.717) is 29.8 Å². The van der Waals surface area contributed by atoms with Crippen molar-refractivity contribution in [3.8, 4) is 0 Å². The standard InChI is InChI=1S/C15H22N6O4S/c1-26(3-2-9(16)15(23)24)5-8-4-10(22)14(25-8)21-7-20-11-12(17)18-6-19-13(11)21/h6-10,14,22H,2-5,16H2,1H3,(H2-,17,18,19,23,24)/p+1/t8-,9-,10+,14+,26?/m0/s1. The van der Waals surface area contributed by atoms with Crippen LogP contribution in [0.5, 0.6) is 0 Å². The van der Waals surface area contributed by atoms with Gasteiger partial charge in [0, 0.05) is 12.8 Å². The summed E-state index contributed by atoms with van der Waals surface area (Å²) in [6, 6.07) is -0.838. The highest BCUT2D eigenvalue weighted by molar-refractivity contribution is 7.96. The molecule has 1 unspecified atom stereocenters. The number of fused-ring (bicyclic) bond motifs is 1. The first kappa shape index (κ1) is 18.8. The van der Waals surface area contributed by atoms with Gasteiger partial charge in [0.25, 0.3) is 0 Å². The van der Waals surface area contributed by atoms with Crippen molar-refractivity contribution in [2.24, 2.45) is 5.73 Å². The van der Waals surface area contributed by atoms with Crippen molar-refractivity contribution in [3.05, 3.63) is 12.7 Å². The molecule has 10 nitrogen and oxygen atoms in total. The lowest BCUT2D eigenvalue weighted by Gasteiger charge is -2.16. The van der Waals surface area contributed by atoms with E-state index in [1.807, 2.05) is 0 Å². The van der Waals surface area contributed by atoms with Gasteiger partial charge in [-0.15, -0.1) is 0 Å².